The molecule has 0 spiro atoms. The number of allylic oxidation sites excluding steroid dienone is 2. The summed E-state index contributed by atoms with van der Waals surface area (Å²) in [6, 6.07) is 30.2. The van der Waals surface area contributed by atoms with Crippen LogP contribution in [0, 0.1) is 29.1 Å². The van der Waals surface area contributed by atoms with Gasteiger partial charge in [0, 0.05) is 29.8 Å². The molecule has 2 aromatic heterocycles. The van der Waals surface area contributed by atoms with Gasteiger partial charge in [0.25, 0.3) is 0 Å². The molecule has 1 saturated carbocycles. The molecule has 4 aromatic rings. The van der Waals surface area contributed by atoms with E-state index in [0.717, 1.165) is 21.6 Å². The third-order valence-corrected chi connectivity index (χ3v) is 9.48. The van der Waals surface area contributed by atoms with Crippen LogP contribution >= 0.6 is 0 Å². The van der Waals surface area contributed by atoms with Crippen molar-refractivity contribution in [1.82, 2.24) is 14.9 Å². The van der Waals surface area contributed by atoms with Crippen molar-refractivity contribution in [2.45, 2.75) is 26.4 Å². The van der Waals surface area contributed by atoms with Gasteiger partial charge in [-0.2, -0.15) is 0 Å². The normalized spacial score (nSPS) is 24.1. The van der Waals surface area contributed by atoms with Gasteiger partial charge in [0.1, 0.15) is 0 Å². The van der Waals surface area contributed by atoms with Crippen LogP contribution in [0.3, 0.4) is 0 Å². The first-order chi connectivity index (χ1) is 22.6. The molecule has 1 aliphatic heterocycles. The molecule has 8 nitrogen and oxygen atoms in total. The standard InChI is InChI=1S/C39H35N3O5/c1-38(2,3)37(45)47-23-42-35(43)32-26-22-27(39(46,25-16-8-5-9-17-25)29-19-11-13-21-41-29)33(34(32)36(42)44)31(26)30(24-14-6-4-7-15-24)28-18-10-12-20-40-28/h4-22,26,32-34,46H,23H2,1-3H3. The molecular weight excluding hydrogens is 590 g/mol. The molecule has 47 heavy (non-hydrogen) atoms. The summed E-state index contributed by atoms with van der Waals surface area (Å²) in [7, 11) is 0. The van der Waals surface area contributed by atoms with Crippen LogP contribution in [0.2, 0.25) is 0 Å². The fraction of sp³-hybridized carbons (Fsp3) is 0.256. The maximum absolute atomic E-state index is 14.4. The van der Waals surface area contributed by atoms with Gasteiger partial charge < -0.3 is 9.84 Å². The van der Waals surface area contributed by atoms with Gasteiger partial charge >= 0.3 is 5.97 Å². The molecular formula is C39H35N3O5. The lowest BCUT2D eigenvalue weighted by molar-refractivity contribution is -0.162. The predicted octanol–water partition coefficient (Wildman–Crippen LogP) is 5.55. The number of aliphatic hydroxyl groups is 1. The van der Waals surface area contributed by atoms with Crippen molar-refractivity contribution < 1.29 is 24.2 Å². The Kier molecular flexibility index (Phi) is 7.48. The smallest absolute Gasteiger partial charge is 0.312 e. The van der Waals surface area contributed by atoms with Crippen LogP contribution in [0.25, 0.3) is 5.57 Å². The van der Waals surface area contributed by atoms with E-state index in [9.17, 15) is 19.5 Å². The number of benzene rings is 2. The van der Waals surface area contributed by atoms with Gasteiger partial charge in [-0.1, -0.05) is 78.9 Å². The summed E-state index contributed by atoms with van der Waals surface area (Å²) in [6.07, 6.45) is 5.32. The first-order valence-electron chi connectivity index (χ1n) is 15.8. The van der Waals surface area contributed by atoms with Gasteiger partial charge in [-0.3, -0.25) is 24.4 Å². The van der Waals surface area contributed by atoms with Crippen LogP contribution in [-0.4, -0.2) is 44.5 Å². The zero-order valence-electron chi connectivity index (χ0n) is 26.4. The van der Waals surface area contributed by atoms with Gasteiger partial charge in [0.05, 0.1) is 28.6 Å². The van der Waals surface area contributed by atoms with Crippen LogP contribution in [0.1, 0.15) is 43.3 Å². The van der Waals surface area contributed by atoms with E-state index in [1.54, 1.807) is 45.3 Å². The number of imide groups is 1. The lowest BCUT2D eigenvalue weighted by Gasteiger charge is -2.36. The average Bonchev–Trinajstić information content (AvgIpc) is 3.71. The Bertz CT molecular complexity index is 1820. The van der Waals surface area contributed by atoms with Gasteiger partial charge in [-0.25, -0.2) is 4.90 Å². The number of aromatic nitrogens is 2. The molecule has 2 amide bonds. The molecule has 2 fully saturated rings. The minimum atomic E-state index is -1.71. The highest BCUT2D eigenvalue weighted by atomic mass is 16.5. The van der Waals surface area contributed by atoms with Crippen molar-refractivity contribution in [2.24, 2.45) is 29.1 Å². The molecule has 2 aromatic carbocycles. The number of nitrogens with zero attached hydrogens (tertiary/aromatic N) is 3. The summed E-state index contributed by atoms with van der Waals surface area (Å²) < 4.78 is 5.48. The third-order valence-electron chi connectivity index (χ3n) is 9.48. The quantitative estimate of drug-likeness (QED) is 0.163. The van der Waals surface area contributed by atoms with Crippen LogP contribution < -0.4 is 0 Å². The fourth-order valence-electron chi connectivity index (χ4n) is 7.38. The Balaban J connectivity index is 1.44. The minimum absolute atomic E-state index is 0.392. The molecule has 3 heterocycles. The van der Waals surface area contributed by atoms with Crippen molar-refractivity contribution in [3.63, 3.8) is 0 Å². The molecule has 2 bridgehead atoms. The second kappa shape index (κ2) is 11.5. The predicted molar refractivity (Wildman–Crippen MR) is 175 cm³/mol. The van der Waals surface area contributed by atoms with Gasteiger partial charge in [0.2, 0.25) is 11.8 Å². The molecule has 236 valence electrons. The average molecular weight is 626 g/mol. The minimum Gasteiger partial charge on any atom is -0.443 e. The molecule has 7 rings (SSSR count). The van der Waals surface area contributed by atoms with Crippen molar-refractivity contribution in [3.05, 3.63) is 149 Å². The number of hydrogen-bond donors (Lipinski definition) is 1. The topological polar surface area (TPSA) is 110 Å². The van der Waals surface area contributed by atoms with E-state index in [1.165, 1.54) is 0 Å². The van der Waals surface area contributed by atoms with E-state index in [1.807, 2.05) is 91.0 Å². The molecule has 2 aliphatic carbocycles. The molecule has 1 saturated heterocycles. The van der Waals surface area contributed by atoms with E-state index >= 15 is 0 Å². The molecule has 0 radical (unpaired) electrons. The SMILES string of the molecule is CC(C)(C)C(=O)OCN1C(=O)C2C3C=C(C(O)(c4ccccc4)c4ccccn4)C(C3=C(c3ccccc3)c3ccccn3)C2C1=O. The molecule has 5 unspecified atom stereocenters. The first kappa shape index (κ1) is 30.4. The first-order valence-corrected chi connectivity index (χ1v) is 15.8. The van der Waals surface area contributed by atoms with Gasteiger partial charge in [0.15, 0.2) is 12.3 Å². The molecule has 5 atom stereocenters. The number of esters is 1. The highest BCUT2D eigenvalue weighted by Crippen LogP contribution is 2.64. The molecule has 8 heteroatoms. The lowest BCUT2D eigenvalue weighted by Crippen LogP contribution is -2.39. The number of carbonyl (C=O) groups excluding carboxylic acids is 3. The monoisotopic (exact) mass is 625 g/mol. The number of amides is 2. The number of likely N-dealkylation sites (tertiary alicyclic amines) is 1. The summed E-state index contributed by atoms with van der Waals surface area (Å²) in [6.45, 7) is 4.70. The lowest BCUT2D eigenvalue weighted by atomic mass is 9.71. The van der Waals surface area contributed by atoms with Crippen LogP contribution in [0.4, 0.5) is 0 Å². The van der Waals surface area contributed by atoms with Gasteiger partial charge in [-0.05, 0) is 67.3 Å². The summed E-state index contributed by atoms with van der Waals surface area (Å²) in [5.74, 6) is -4.08. The highest BCUT2D eigenvalue weighted by molar-refractivity contribution is 6.08. The van der Waals surface area contributed by atoms with Crippen molar-refractivity contribution in [3.8, 4) is 0 Å². The summed E-state index contributed by atoms with van der Waals surface area (Å²) in [5.41, 5.74) is 2.36. The van der Waals surface area contributed by atoms with Crippen molar-refractivity contribution >= 4 is 23.4 Å². The van der Waals surface area contributed by atoms with Crippen LogP contribution in [0.5, 0.6) is 0 Å². The van der Waals surface area contributed by atoms with Crippen molar-refractivity contribution in [1.29, 1.82) is 0 Å². The summed E-state index contributed by atoms with van der Waals surface area (Å²) in [4.78, 5) is 51.6. The van der Waals surface area contributed by atoms with E-state index in [4.69, 9.17) is 9.72 Å². The van der Waals surface area contributed by atoms with Gasteiger partial charge in [-0.15, -0.1) is 0 Å². The number of fused-ring (bicyclic) bond motifs is 5. The Labute approximate surface area is 273 Å². The maximum Gasteiger partial charge on any atom is 0.312 e. The summed E-state index contributed by atoms with van der Waals surface area (Å²) in [5, 5.41) is 13.0. The van der Waals surface area contributed by atoms with Crippen LogP contribution in [-0.2, 0) is 24.7 Å². The third kappa shape index (κ3) is 4.91. The van der Waals surface area contributed by atoms with Crippen LogP contribution in [0.15, 0.2) is 127 Å². The Morgan fingerprint density at radius 2 is 1.43 bits per heavy atom. The Hall–Kier alpha value is -5.21. The van der Waals surface area contributed by atoms with E-state index in [0.29, 0.717) is 22.5 Å². The number of ether oxygens (including phenoxy) is 1. The van der Waals surface area contributed by atoms with Crippen molar-refractivity contribution in [2.75, 3.05) is 6.73 Å². The highest BCUT2D eigenvalue weighted by Gasteiger charge is 2.67. The largest absolute Gasteiger partial charge is 0.443 e. The van der Waals surface area contributed by atoms with E-state index in [2.05, 4.69) is 4.98 Å². The Morgan fingerprint density at radius 3 is 2.04 bits per heavy atom. The number of rotatable bonds is 7. The number of pyridine rings is 2. The maximum atomic E-state index is 14.4. The zero-order valence-corrected chi connectivity index (χ0v) is 26.4. The van der Waals surface area contributed by atoms with E-state index in [-0.39, 0.29) is 0 Å². The summed E-state index contributed by atoms with van der Waals surface area (Å²) >= 11 is 0. The van der Waals surface area contributed by atoms with E-state index < -0.39 is 59.2 Å². The second-order valence-corrected chi connectivity index (χ2v) is 13.3. The number of carbonyl (C=O) groups is 3. The fourth-order valence-corrected chi connectivity index (χ4v) is 7.38. The Morgan fingerprint density at radius 1 is 0.809 bits per heavy atom. The molecule has 1 N–H and O–H groups in total. The zero-order chi connectivity index (χ0) is 32.9. The molecule has 3 aliphatic rings. The second-order valence-electron chi connectivity index (χ2n) is 13.3. The number of hydrogen-bond acceptors (Lipinski definition) is 7.